The van der Waals surface area contributed by atoms with E-state index in [1.54, 1.807) is 4.90 Å². The van der Waals surface area contributed by atoms with Crippen molar-refractivity contribution in [2.24, 2.45) is 0 Å². The summed E-state index contributed by atoms with van der Waals surface area (Å²) in [4.78, 5) is 31.1. The highest BCUT2D eigenvalue weighted by Crippen LogP contribution is 2.38. The van der Waals surface area contributed by atoms with Crippen LogP contribution in [0.15, 0.2) is 16.7 Å². The Bertz CT molecular complexity index is 843. The average molecular weight is 356 g/mol. The fourth-order valence-corrected chi connectivity index (χ4v) is 3.43. The predicted octanol–water partition coefficient (Wildman–Crippen LogP) is 2.72. The van der Waals surface area contributed by atoms with Gasteiger partial charge in [-0.05, 0) is 43.5 Å². The van der Waals surface area contributed by atoms with Gasteiger partial charge in [-0.15, -0.1) is 0 Å². The van der Waals surface area contributed by atoms with E-state index in [0.717, 1.165) is 22.4 Å². The second kappa shape index (κ2) is 7.27. The van der Waals surface area contributed by atoms with E-state index in [9.17, 15) is 9.59 Å². The quantitative estimate of drug-likeness (QED) is 0.860. The zero-order chi connectivity index (χ0) is 18.8. The van der Waals surface area contributed by atoms with Crippen LogP contribution in [0.25, 0.3) is 0 Å². The SMILES string of the molecule is CCc1noc(CN(CC)C(=O)C[C@@H]2C(=O)Nc3cc(C)cc(C)c32)n1. The van der Waals surface area contributed by atoms with Crippen molar-refractivity contribution in [2.75, 3.05) is 11.9 Å². The maximum atomic E-state index is 12.8. The fraction of sp³-hybridized carbons (Fsp3) is 0.474. The van der Waals surface area contributed by atoms with Gasteiger partial charge in [-0.25, -0.2) is 0 Å². The van der Waals surface area contributed by atoms with E-state index in [1.807, 2.05) is 39.8 Å². The van der Waals surface area contributed by atoms with Crippen molar-refractivity contribution in [3.05, 3.63) is 40.5 Å². The molecule has 2 amide bonds. The zero-order valence-corrected chi connectivity index (χ0v) is 15.6. The molecule has 1 aliphatic rings. The Balaban J connectivity index is 1.75. The molecule has 0 radical (unpaired) electrons. The number of aromatic nitrogens is 2. The highest BCUT2D eigenvalue weighted by molar-refractivity contribution is 6.05. The predicted molar refractivity (Wildman–Crippen MR) is 96.7 cm³/mol. The molecule has 7 nitrogen and oxygen atoms in total. The molecule has 1 aromatic heterocycles. The van der Waals surface area contributed by atoms with E-state index in [4.69, 9.17) is 4.52 Å². The third-order valence-corrected chi connectivity index (χ3v) is 4.72. The molecule has 0 bridgehead atoms. The lowest BCUT2D eigenvalue weighted by molar-refractivity contribution is -0.134. The van der Waals surface area contributed by atoms with Crippen LogP contribution in [-0.4, -0.2) is 33.4 Å². The van der Waals surface area contributed by atoms with E-state index in [0.29, 0.717) is 24.7 Å². The molecule has 0 aliphatic carbocycles. The normalized spacial score (nSPS) is 15.7. The molecule has 2 aromatic rings. The molecular formula is C19H24N4O3. The van der Waals surface area contributed by atoms with Gasteiger partial charge in [0.15, 0.2) is 5.82 Å². The largest absolute Gasteiger partial charge is 0.337 e. The average Bonchev–Trinajstić information content (AvgIpc) is 3.17. The first-order valence-electron chi connectivity index (χ1n) is 8.94. The number of rotatable bonds is 6. The first kappa shape index (κ1) is 18.1. The van der Waals surface area contributed by atoms with Crippen molar-refractivity contribution >= 4 is 17.5 Å². The summed E-state index contributed by atoms with van der Waals surface area (Å²) in [7, 11) is 0. The number of carbonyl (C=O) groups excluding carboxylic acids is 2. The molecule has 2 heterocycles. The number of hydrogen-bond donors (Lipinski definition) is 1. The van der Waals surface area contributed by atoms with Crippen LogP contribution in [0.5, 0.6) is 0 Å². The minimum absolute atomic E-state index is 0.100. The molecule has 0 spiro atoms. The molecule has 1 atom stereocenters. The van der Waals surface area contributed by atoms with Gasteiger partial charge >= 0.3 is 0 Å². The van der Waals surface area contributed by atoms with Gasteiger partial charge in [0.05, 0.1) is 12.5 Å². The Morgan fingerprint density at radius 1 is 1.31 bits per heavy atom. The van der Waals surface area contributed by atoms with Crippen LogP contribution < -0.4 is 5.32 Å². The fourth-order valence-electron chi connectivity index (χ4n) is 3.43. The summed E-state index contributed by atoms with van der Waals surface area (Å²) in [5.41, 5.74) is 3.87. The van der Waals surface area contributed by atoms with Gasteiger partial charge in [0.25, 0.3) is 0 Å². The van der Waals surface area contributed by atoms with Crippen LogP contribution in [0.1, 0.15) is 54.6 Å². The molecule has 1 aromatic carbocycles. The van der Waals surface area contributed by atoms with Crippen LogP contribution in [0.4, 0.5) is 5.69 Å². The summed E-state index contributed by atoms with van der Waals surface area (Å²) < 4.78 is 5.18. The van der Waals surface area contributed by atoms with Crippen molar-refractivity contribution < 1.29 is 14.1 Å². The van der Waals surface area contributed by atoms with Gasteiger partial charge in [-0.2, -0.15) is 4.98 Å². The van der Waals surface area contributed by atoms with Crippen LogP contribution in [0.2, 0.25) is 0 Å². The minimum Gasteiger partial charge on any atom is -0.337 e. The lowest BCUT2D eigenvalue weighted by Crippen LogP contribution is -2.32. The monoisotopic (exact) mass is 356 g/mol. The molecule has 0 saturated carbocycles. The molecule has 138 valence electrons. The van der Waals surface area contributed by atoms with Crippen molar-refractivity contribution in [3.63, 3.8) is 0 Å². The molecular weight excluding hydrogens is 332 g/mol. The molecule has 3 rings (SSSR count). The summed E-state index contributed by atoms with van der Waals surface area (Å²) in [5.74, 6) is 0.362. The van der Waals surface area contributed by atoms with Crippen molar-refractivity contribution in [1.29, 1.82) is 0 Å². The second-order valence-electron chi connectivity index (χ2n) is 6.65. The van der Waals surface area contributed by atoms with Crippen LogP contribution in [-0.2, 0) is 22.6 Å². The molecule has 1 aliphatic heterocycles. The van der Waals surface area contributed by atoms with Crippen LogP contribution in [0.3, 0.4) is 0 Å². The minimum atomic E-state index is -0.457. The maximum Gasteiger partial charge on any atom is 0.246 e. The molecule has 0 unspecified atom stereocenters. The zero-order valence-electron chi connectivity index (χ0n) is 15.6. The van der Waals surface area contributed by atoms with E-state index >= 15 is 0 Å². The number of fused-ring (bicyclic) bond motifs is 1. The summed E-state index contributed by atoms with van der Waals surface area (Å²) in [6.07, 6.45) is 0.812. The number of hydrogen-bond acceptors (Lipinski definition) is 5. The van der Waals surface area contributed by atoms with Crippen molar-refractivity contribution in [1.82, 2.24) is 15.0 Å². The Morgan fingerprint density at radius 3 is 2.73 bits per heavy atom. The molecule has 26 heavy (non-hydrogen) atoms. The number of amides is 2. The third-order valence-electron chi connectivity index (χ3n) is 4.72. The van der Waals surface area contributed by atoms with Gasteiger partial charge < -0.3 is 14.7 Å². The standard InChI is InChI=1S/C19H24N4O3/c1-5-15-21-16(26-22-15)10-23(6-2)17(24)9-13-18-12(4)7-11(3)8-14(18)20-19(13)25/h7-8,13H,5-6,9-10H2,1-4H3,(H,20,25)/t13-/m0/s1. The number of carbonyl (C=O) groups is 2. The first-order chi connectivity index (χ1) is 12.4. The van der Waals surface area contributed by atoms with Gasteiger partial charge in [0, 0.05) is 25.1 Å². The smallest absolute Gasteiger partial charge is 0.246 e. The lowest BCUT2D eigenvalue weighted by Gasteiger charge is -2.21. The number of nitrogens with zero attached hydrogens (tertiary/aromatic N) is 3. The second-order valence-corrected chi connectivity index (χ2v) is 6.65. The Labute approximate surface area is 152 Å². The van der Waals surface area contributed by atoms with Gasteiger partial charge in [0.1, 0.15) is 0 Å². The van der Waals surface area contributed by atoms with Crippen LogP contribution >= 0.6 is 0 Å². The third kappa shape index (κ3) is 3.47. The van der Waals surface area contributed by atoms with E-state index < -0.39 is 5.92 Å². The summed E-state index contributed by atoms with van der Waals surface area (Å²) in [6, 6.07) is 3.99. The number of aryl methyl sites for hydroxylation is 3. The van der Waals surface area contributed by atoms with Gasteiger partial charge in [-0.3, -0.25) is 9.59 Å². The van der Waals surface area contributed by atoms with Crippen molar-refractivity contribution in [2.45, 2.75) is 53.0 Å². The topological polar surface area (TPSA) is 88.3 Å². The molecule has 0 saturated heterocycles. The Morgan fingerprint density at radius 2 is 2.08 bits per heavy atom. The molecule has 7 heteroatoms. The summed E-state index contributed by atoms with van der Waals surface area (Å²) in [6.45, 7) is 8.58. The Hall–Kier alpha value is -2.70. The highest BCUT2D eigenvalue weighted by atomic mass is 16.5. The molecule has 1 N–H and O–H groups in total. The van der Waals surface area contributed by atoms with E-state index in [2.05, 4.69) is 15.5 Å². The number of nitrogens with one attached hydrogen (secondary N) is 1. The number of anilines is 1. The van der Waals surface area contributed by atoms with Crippen molar-refractivity contribution in [3.8, 4) is 0 Å². The highest BCUT2D eigenvalue weighted by Gasteiger charge is 2.35. The first-order valence-corrected chi connectivity index (χ1v) is 8.94. The van der Waals surface area contributed by atoms with Gasteiger partial charge in [-0.1, -0.05) is 18.1 Å². The summed E-state index contributed by atoms with van der Waals surface area (Å²) >= 11 is 0. The van der Waals surface area contributed by atoms with E-state index in [-0.39, 0.29) is 24.8 Å². The van der Waals surface area contributed by atoms with Gasteiger partial charge in [0.2, 0.25) is 17.7 Å². The number of benzene rings is 1. The molecule has 0 fully saturated rings. The van der Waals surface area contributed by atoms with Crippen LogP contribution in [0, 0.1) is 13.8 Å². The summed E-state index contributed by atoms with van der Waals surface area (Å²) in [5, 5.41) is 6.76. The Kier molecular flexibility index (Phi) is 5.06. The lowest BCUT2D eigenvalue weighted by atomic mass is 9.91. The maximum absolute atomic E-state index is 12.8. The van der Waals surface area contributed by atoms with E-state index in [1.165, 1.54) is 0 Å².